The highest BCUT2D eigenvalue weighted by atomic mass is 35.5. The van der Waals surface area contributed by atoms with Crippen molar-refractivity contribution in [1.82, 2.24) is 9.97 Å². The molecule has 0 aliphatic carbocycles. The maximum atomic E-state index is 6.13. The van der Waals surface area contributed by atoms with E-state index < -0.39 is 0 Å². The molecule has 2 aromatic rings. The van der Waals surface area contributed by atoms with Gasteiger partial charge in [0.1, 0.15) is 29.5 Å². The lowest BCUT2D eigenvalue weighted by atomic mass is 10.1. The molecule has 1 aromatic carbocycles. The molecule has 112 valence electrons. The summed E-state index contributed by atoms with van der Waals surface area (Å²) in [4.78, 5) is 8.15. The van der Waals surface area contributed by atoms with Crippen LogP contribution in [0, 0.1) is 27.7 Å². The fourth-order valence-corrected chi connectivity index (χ4v) is 2.46. The minimum absolute atomic E-state index is 0.546. The smallest absolute Gasteiger partial charge is 0.148 e. The predicted octanol–water partition coefficient (Wildman–Crippen LogP) is 3.85. The summed E-state index contributed by atoms with van der Waals surface area (Å²) >= 11 is 6.13. The van der Waals surface area contributed by atoms with Gasteiger partial charge >= 0.3 is 0 Å². The zero-order chi connectivity index (χ0) is 15.4. The highest BCUT2D eigenvalue weighted by Gasteiger charge is 2.07. The molecule has 0 amide bonds. The first-order valence-corrected chi connectivity index (χ1v) is 7.28. The lowest BCUT2D eigenvalue weighted by Crippen LogP contribution is -2.14. The molecule has 0 radical (unpaired) electrons. The summed E-state index contributed by atoms with van der Waals surface area (Å²) in [5.74, 6) is 1.59. The largest absolute Gasteiger partial charge is 0.491 e. The first-order valence-electron chi connectivity index (χ1n) is 6.90. The number of halogens is 1. The number of benzene rings is 1. The lowest BCUT2D eigenvalue weighted by Gasteiger charge is -2.14. The molecule has 4 nitrogen and oxygen atoms in total. The van der Waals surface area contributed by atoms with Gasteiger partial charge in [0.2, 0.25) is 0 Å². The topological polar surface area (TPSA) is 47.0 Å². The van der Waals surface area contributed by atoms with Gasteiger partial charge in [0, 0.05) is 0 Å². The standard InChI is InChI=1S/C16H20ClN3O/c1-10-7-11(2)15(12(3)8-10)21-6-5-18-16-14(17)13(4)19-9-20-16/h7-9H,5-6H2,1-4H3,(H,18,19,20). The first-order chi connectivity index (χ1) is 9.99. The van der Waals surface area contributed by atoms with E-state index >= 15 is 0 Å². The second-order valence-electron chi connectivity index (χ2n) is 5.12. The number of nitrogens with one attached hydrogen (secondary N) is 1. The van der Waals surface area contributed by atoms with E-state index in [2.05, 4.69) is 48.2 Å². The SMILES string of the molecule is Cc1cc(C)c(OCCNc2ncnc(C)c2Cl)c(C)c1. The van der Waals surface area contributed by atoms with Crippen LogP contribution < -0.4 is 10.1 Å². The molecule has 0 aliphatic heterocycles. The summed E-state index contributed by atoms with van der Waals surface area (Å²) in [5.41, 5.74) is 4.32. The second kappa shape index (κ2) is 6.76. The van der Waals surface area contributed by atoms with Crippen LogP contribution in [-0.2, 0) is 0 Å². The third-order valence-electron chi connectivity index (χ3n) is 3.21. The summed E-state index contributed by atoms with van der Waals surface area (Å²) < 4.78 is 5.87. The van der Waals surface area contributed by atoms with Crippen molar-refractivity contribution in [2.24, 2.45) is 0 Å². The third kappa shape index (κ3) is 3.85. The number of hydrogen-bond acceptors (Lipinski definition) is 4. The summed E-state index contributed by atoms with van der Waals surface area (Å²) in [6, 6.07) is 4.25. The number of anilines is 1. The van der Waals surface area contributed by atoms with E-state index in [-0.39, 0.29) is 0 Å². The fourth-order valence-electron chi connectivity index (χ4n) is 2.30. The fraction of sp³-hybridized carbons (Fsp3) is 0.375. The Morgan fingerprint density at radius 3 is 2.43 bits per heavy atom. The van der Waals surface area contributed by atoms with Crippen LogP contribution in [0.3, 0.4) is 0 Å². The van der Waals surface area contributed by atoms with Gasteiger partial charge < -0.3 is 10.1 Å². The van der Waals surface area contributed by atoms with Gasteiger partial charge in [-0.1, -0.05) is 29.3 Å². The van der Waals surface area contributed by atoms with Crippen molar-refractivity contribution in [3.05, 3.63) is 45.9 Å². The van der Waals surface area contributed by atoms with Gasteiger partial charge in [-0.25, -0.2) is 9.97 Å². The number of hydrogen-bond donors (Lipinski definition) is 1. The Bertz CT molecular complexity index is 620. The molecule has 0 unspecified atom stereocenters. The monoisotopic (exact) mass is 305 g/mol. The Morgan fingerprint density at radius 1 is 1.10 bits per heavy atom. The molecule has 1 heterocycles. The lowest BCUT2D eigenvalue weighted by molar-refractivity contribution is 0.328. The van der Waals surface area contributed by atoms with Gasteiger partial charge in [0.05, 0.1) is 12.2 Å². The van der Waals surface area contributed by atoms with Crippen LogP contribution in [0.15, 0.2) is 18.5 Å². The van der Waals surface area contributed by atoms with Crippen LogP contribution in [0.2, 0.25) is 5.02 Å². The molecular weight excluding hydrogens is 286 g/mol. The van der Waals surface area contributed by atoms with Gasteiger partial charge in [0.25, 0.3) is 0 Å². The summed E-state index contributed by atoms with van der Waals surface area (Å²) in [7, 11) is 0. The molecule has 0 spiro atoms. The van der Waals surface area contributed by atoms with Crippen LogP contribution in [0.25, 0.3) is 0 Å². The molecule has 2 rings (SSSR count). The zero-order valence-electron chi connectivity index (χ0n) is 12.8. The van der Waals surface area contributed by atoms with Crippen molar-refractivity contribution < 1.29 is 4.74 Å². The Hall–Kier alpha value is -1.81. The molecule has 0 saturated carbocycles. The Balaban J connectivity index is 1.92. The average molecular weight is 306 g/mol. The quantitative estimate of drug-likeness (QED) is 0.852. The van der Waals surface area contributed by atoms with E-state index in [1.54, 1.807) is 0 Å². The predicted molar refractivity (Wildman–Crippen MR) is 86.4 cm³/mol. The average Bonchev–Trinajstić information content (AvgIpc) is 2.41. The third-order valence-corrected chi connectivity index (χ3v) is 3.66. The summed E-state index contributed by atoms with van der Waals surface area (Å²) in [6.07, 6.45) is 1.50. The van der Waals surface area contributed by atoms with Gasteiger partial charge in [-0.2, -0.15) is 0 Å². The van der Waals surface area contributed by atoms with Crippen molar-refractivity contribution in [3.63, 3.8) is 0 Å². The highest BCUT2D eigenvalue weighted by Crippen LogP contribution is 2.24. The van der Waals surface area contributed by atoms with E-state index in [9.17, 15) is 0 Å². The molecule has 5 heteroatoms. The van der Waals surface area contributed by atoms with Crippen molar-refractivity contribution in [3.8, 4) is 5.75 Å². The molecule has 0 saturated heterocycles. The van der Waals surface area contributed by atoms with Gasteiger partial charge in [0.15, 0.2) is 0 Å². The number of ether oxygens (including phenoxy) is 1. The Kier molecular flexibility index (Phi) is 5.02. The maximum absolute atomic E-state index is 6.13. The number of rotatable bonds is 5. The van der Waals surface area contributed by atoms with Crippen molar-refractivity contribution in [2.45, 2.75) is 27.7 Å². The van der Waals surface area contributed by atoms with Crippen LogP contribution >= 0.6 is 11.6 Å². The van der Waals surface area contributed by atoms with Crippen LogP contribution in [-0.4, -0.2) is 23.1 Å². The highest BCUT2D eigenvalue weighted by molar-refractivity contribution is 6.33. The molecule has 21 heavy (non-hydrogen) atoms. The maximum Gasteiger partial charge on any atom is 0.148 e. The van der Waals surface area contributed by atoms with E-state index in [0.717, 1.165) is 22.6 Å². The molecule has 1 aromatic heterocycles. The Labute approximate surface area is 130 Å². The molecule has 0 bridgehead atoms. The van der Waals surface area contributed by atoms with Crippen LogP contribution in [0.5, 0.6) is 5.75 Å². The molecule has 0 fully saturated rings. The zero-order valence-corrected chi connectivity index (χ0v) is 13.6. The van der Waals surface area contributed by atoms with Crippen molar-refractivity contribution >= 4 is 17.4 Å². The molecule has 0 aliphatic rings. The normalized spacial score (nSPS) is 10.5. The van der Waals surface area contributed by atoms with E-state index in [0.29, 0.717) is 24.0 Å². The van der Waals surface area contributed by atoms with Gasteiger partial charge in [-0.3, -0.25) is 0 Å². The summed E-state index contributed by atoms with van der Waals surface area (Å²) in [6.45, 7) is 9.24. The minimum Gasteiger partial charge on any atom is -0.491 e. The van der Waals surface area contributed by atoms with Crippen LogP contribution in [0.1, 0.15) is 22.4 Å². The van der Waals surface area contributed by atoms with E-state index in [1.807, 2.05) is 6.92 Å². The molecule has 1 N–H and O–H groups in total. The number of aryl methyl sites for hydroxylation is 4. The van der Waals surface area contributed by atoms with E-state index in [4.69, 9.17) is 16.3 Å². The number of nitrogens with zero attached hydrogens (tertiary/aromatic N) is 2. The first kappa shape index (κ1) is 15.6. The van der Waals surface area contributed by atoms with Gasteiger partial charge in [-0.05, 0) is 38.8 Å². The van der Waals surface area contributed by atoms with Crippen molar-refractivity contribution in [1.29, 1.82) is 0 Å². The summed E-state index contributed by atoms with van der Waals surface area (Å²) in [5, 5.41) is 3.72. The minimum atomic E-state index is 0.546. The van der Waals surface area contributed by atoms with Crippen molar-refractivity contribution in [2.75, 3.05) is 18.5 Å². The number of aromatic nitrogens is 2. The van der Waals surface area contributed by atoms with E-state index in [1.165, 1.54) is 11.9 Å². The molecular formula is C16H20ClN3O. The Morgan fingerprint density at radius 2 is 1.76 bits per heavy atom. The second-order valence-corrected chi connectivity index (χ2v) is 5.50. The van der Waals surface area contributed by atoms with Crippen LogP contribution in [0.4, 0.5) is 5.82 Å². The molecule has 0 atom stereocenters. The van der Waals surface area contributed by atoms with Gasteiger partial charge in [-0.15, -0.1) is 0 Å².